The van der Waals surface area contributed by atoms with E-state index in [1.807, 2.05) is 20.8 Å². The first kappa shape index (κ1) is 11.4. The van der Waals surface area contributed by atoms with Gasteiger partial charge in [-0.2, -0.15) is 0 Å². The highest BCUT2D eigenvalue weighted by atomic mass is 16.7. The first-order valence-electron chi connectivity index (χ1n) is 5.51. The fourth-order valence-electron chi connectivity index (χ4n) is 1.80. The zero-order valence-electron chi connectivity index (χ0n) is 9.91. The van der Waals surface area contributed by atoms with Crippen molar-refractivity contribution in [3.63, 3.8) is 0 Å². The molecule has 1 N–H and O–H groups in total. The standard InChI is InChI=1S/C12H17NO3/c1-4-10-11-9(8(6-14)5-13-10)7-15-12(2,3)16-11/h5,14H,4,6-7H2,1-3H3. The molecule has 0 fully saturated rings. The molecule has 0 saturated carbocycles. The summed E-state index contributed by atoms with van der Waals surface area (Å²) in [6.07, 6.45) is 2.51. The zero-order chi connectivity index (χ0) is 11.8. The zero-order valence-corrected chi connectivity index (χ0v) is 9.91. The van der Waals surface area contributed by atoms with Gasteiger partial charge in [0.1, 0.15) is 5.75 Å². The van der Waals surface area contributed by atoms with Crippen LogP contribution in [0.15, 0.2) is 6.20 Å². The molecule has 0 aliphatic carbocycles. The Morgan fingerprint density at radius 2 is 2.25 bits per heavy atom. The van der Waals surface area contributed by atoms with Gasteiger partial charge >= 0.3 is 0 Å². The van der Waals surface area contributed by atoms with Crippen LogP contribution in [0, 0.1) is 0 Å². The van der Waals surface area contributed by atoms with E-state index < -0.39 is 5.79 Å². The number of aryl methyl sites for hydroxylation is 1. The third-order valence-corrected chi connectivity index (χ3v) is 2.72. The molecule has 2 rings (SSSR count). The summed E-state index contributed by atoms with van der Waals surface area (Å²) in [6, 6.07) is 0. The van der Waals surface area contributed by atoms with Crippen LogP contribution in [-0.4, -0.2) is 15.9 Å². The number of pyridine rings is 1. The van der Waals surface area contributed by atoms with Gasteiger partial charge in [-0.15, -0.1) is 0 Å². The van der Waals surface area contributed by atoms with Crippen molar-refractivity contribution in [3.05, 3.63) is 23.0 Å². The van der Waals surface area contributed by atoms with E-state index in [-0.39, 0.29) is 6.61 Å². The van der Waals surface area contributed by atoms with Crippen molar-refractivity contribution < 1.29 is 14.6 Å². The number of rotatable bonds is 2. The number of aromatic nitrogens is 1. The Morgan fingerprint density at radius 3 is 2.88 bits per heavy atom. The van der Waals surface area contributed by atoms with Gasteiger partial charge in [0.2, 0.25) is 5.79 Å². The summed E-state index contributed by atoms with van der Waals surface area (Å²) in [5.41, 5.74) is 2.62. The third kappa shape index (κ3) is 1.90. The maximum Gasteiger partial charge on any atom is 0.205 e. The molecule has 0 unspecified atom stereocenters. The Hall–Kier alpha value is -1.13. The summed E-state index contributed by atoms with van der Waals surface area (Å²) in [5.74, 6) is 0.164. The van der Waals surface area contributed by atoms with Crippen molar-refractivity contribution in [3.8, 4) is 5.75 Å². The number of aliphatic hydroxyl groups is 1. The van der Waals surface area contributed by atoms with Crippen LogP contribution in [0.5, 0.6) is 5.75 Å². The van der Waals surface area contributed by atoms with Gasteiger partial charge in [-0.1, -0.05) is 6.92 Å². The molecule has 1 aliphatic heterocycles. The molecule has 0 atom stereocenters. The van der Waals surface area contributed by atoms with Crippen LogP contribution in [-0.2, 0) is 24.4 Å². The summed E-state index contributed by atoms with van der Waals surface area (Å²) in [5, 5.41) is 9.24. The third-order valence-electron chi connectivity index (χ3n) is 2.72. The first-order chi connectivity index (χ1) is 7.57. The van der Waals surface area contributed by atoms with E-state index in [0.717, 1.165) is 29.0 Å². The van der Waals surface area contributed by atoms with Crippen LogP contribution in [0.1, 0.15) is 37.6 Å². The van der Waals surface area contributed by atoms with Crippen molar-refractivity contribution in [1.29, 1.82) is 0 Å². The summed E-state index contributed by atoms with van der Waals surface area (Å²) in [7, 11) is 0. The number of hydrogen-bond acceptors (Lipinski definition) is 4. The number of ether oxygens (including phenoxy) is 2. The van der Waals surface area contributed by atoms with Crippen LogP contribution in [0.4, 0.5) is 0 Å². The SMILES string of the molecule is CCc1ncc(CO)c2c1OC(C)(C)OC2. The second kappa shape index (κ2) is 4.03. The average molecular weight is 223 g/mol. The van der Waals surface area contributed by atoms with Crippen LogP contribution < -0.4 is 4.74 Å². The molecular formula is C12H17NO3. The minimum atomic E-state index is -0.618. The Bertz CT molecular complexity index is 401. The lowest BCUT2D eigenvalue weighted by molar-refractivity contribution is -0.181. The van der Waals surface area contributed by atoms with Crippen LogP contribution in [0.2, 0.25) is 0 Å². The quantitative estimate of drug-likeness (QED) is 0.830. The lowest BCUT2D eigenvalue weighted by Crippen LogP contribution is -2.36. The molecule has 1 aromatic rings. The van der Waals surface area contributed by atoms with Gasteiger partial charge < -0.3 is 14.6 Å². The number of fused-ring (bicyclic) bond motifs is 1. The van der Waals surface area contributed by atoms with Gasteiger partial charge in [0.25, 0.3) is 0 Å². The maximum atomic E-state index is 9.24. The molecule has 0 radical (unpaired) electrons. The van der Waals surface area contributed by atoms with E-state index in [0.29, 0.717) is 6.61 Å². The summed E-state index contributed by atoms with van der Waals surface area (Å²) in [4.78, 5) is 4.31. The van der Waals surface area contributed by atoms with Crippen molar-refractivity contribution in [2.24, 2.45) is 0 Å². The molecule has 16 heavy (non-hydrogen) atoms. The van der Waals surface area contributed by atoms with E-state index in [4.69, 9.17) is 9.47 Å². The molecule has 1 aromatic heterocycles. The molecule has 88 valence electrons. The van der Waals surface area contributed by atoms with Gasteiger partial charge in [0, 0.05) is 31.2 Å². The lowest BCUT2D eigenvalue weighted by atomic mass is 10.1. The minimum Gasteiger partial charge on any atom is -0.461 e. The second-order valence-electron chi connectivity index (χ2n) is 4.34. The Balaban J connectivity index is 2.50. The van der Waals surface area contributed by atoms with Crippen molar-refractivity contribution >= 4 is 0 Å². The summed E-state index contributed by atoms with van der Waals surface area (Å²) >= 11 is 0. The predicted molar refractivity (Wildman–Crippen MR) is 59.0 cm³/mol. The van der Waals surface area contributed by atoms with Crippen LogP contribution in [0.25, 0.3) is 0 Å². The molecule has 2 heterocycles. The second-order valence-corrected chi connectivity index (χ2v) is 4.34. The predicted octanol–water partition coefficient (Wildman–Crippen LogP) is 1.78. The average Bonchev–Trinajstić information content (AvgIpc) is 2.26. The highest BCUT2D eigenvalue weighted by Crippen LogP contribution is 2.35. The van der Waals surface area contributed by atoms with E-state index in [1.165, 1.54) is 0 Å². The van der Waals surface area contributed by atoms with E-state index >= 15 is 0 Å². The van der Waals surface area contributed by atoms with E-state index in [1.54, 1.807) is 6.20 Å². The molecular weight excluding hydrogens is 206 g/mol. The molecule has 0 bridgehead atoms. The minimum absolute atomic E-state index is 0.0352. The largest absolute Gasteiger partial charge is 0.461 e. The number of hydrogen-bond donors (Lipinski definition) is 1. The Morgan fingerprint density at radius 1 is 1.50 bits per heavy atom. The van der Waals surface area contributed by atoms with Gasteiger partial charge in [0.05, 0.1) is 18.9 Å². The molecule has 4 nitrogen and oxygen atoms in total. The molecule has 4 heteroatoms. The normalized spacial score (nSPS) is 17.8. The Labute approximate surface area is 95.2 Å². The highest BCUT2D eigenvalue weighted by molar-refractivity contribution is 5.43. The molecule has 0 spiro atoms. The molecule has 0 aromatic carbocycles. The maximum absolute atomic E-state index is 9.24. The number of aliphatic hydroxyl groups excluding tert-OH is 1. The smallest absolute Gasteiger partial charge is 0.205 e. The van der Waals surface area contributed by atoms with Crippen LogP contribution >= 0.6 is 0 Å². The highest BCUT2D eigenvalue weighted by Gasteiger charge is 2.30. The van der Waals surface area contributed by atoms with Gasteiger partial charge in [-0.3, -0.25) is 4.98 Å². The van der Waals surface area contributed by atoms with Crippen molar-refractivity contribution in [2.45, 2.75) is 46.2 Å². The summed E-state index contributed by atoms with van der Waals surface area (Å²) < 4.78 is 11.4. The summed E-state index contributed by atoms with van der Waals surface area (Å²) in [6.45, 7) is 6.22. The van der Waals surface area contributed by atoms with Crippen molar-refractivity contribution in [2.75, 3.05) is 0 Å². The van der Waals surface area contributed by atoms with Gasteiger partial charge in [-0.25, -0.2) is 0 Å². The van der Waals surface area contributed by atoms with Gasteiger partial charge in [-0.05, 0) is 6.42 Å². The first-order valence-corrected chi connectivity index (χ1v) is 5.51. The number of nitrogens with zero attached hydrogens (tertiary/aromatic N) is 1. The lowest BCUT2D eigenvalue weighted by Gasteiger charge is -2.34. The van der Waals surface area contributed by atoms with Gasteiger partial charge in [0.15, 0.2) is 0 Å². The Kier molecular flexibility index (Phi) is 2.86. The molecule has 0 amide bonds. The topological polar surface area (TPSA) is 51.6 Å². The van der Waals surface area contributed by atoms with E-state index in [9.17, 15) is 5.11 Å². The molecule has 0 saturated heterocycles. The fourth-order valence-corrected chi connectivity index (χ4v) is 1.80. The van der Waals surface area contributed by atoms with Crippen LogP contribution in [0.3, 0.4) is 0 Å². The fraction of sp³-hybridized carbons (Fsp3) is 0.583. The van der Waals surface area contributed by atoms with E-state index in [2.05, 4.69) is 4.98 Å². The molecule has 1 aliphatic rings. The van der Waals surface area contributed by atoms with Crippen molar-refractivity contribution in [1.82, 2.24) is 4.98 Å². The monoisotopic (exact) mass is 223 g/mol.